The van der Waals surface area contributed by atoms with Gasteiger partial charge in [-0.2, -0.15) is 0 Å². The zero-order valence-electron chi connectivity index (χ0n) is 12.2. The van der Waals surface area contributed by atoms with Crippen molar-refractivity contribution in [2.45, 2.75) is 18.9 Å². The molecule has 0 spiro atoms. The Morgan fingerprint density at radius 3 is 2.62 bits per heavy atom. The molecular weight excluding hydrogens is 330 g/mol. The molecule has 4 heteroatoms. The van der Waals surface area contributed by atoms with Gasteiger partial charge in [-0.1, -0.05) is 22.0 Å². The number of nitrogens with one attached hydrogen (secondary N) is 1. The van der Waals surface area contributed by atoms with E-state index in [1.807, 2.05) is 18.2 Å². The quantitative estimate of drug-likeness (QED) is 0.878. The number of aryl methyl sites for hydroxylation is 1. The monoisotopic (exact) mass is 347 g/mol. The summed E-state index contributed by atoms with van der Waals surface area (Å²) in [6.45, 7) is 0. The molecule has 1 aliphatic rings. The highest BCUT2D eigenvalue weighted by atomic mass is 79.9. The molecule has 21 heavy (non-hydrogen) atoms. The summed E-state index contributed by atoms with van der Waals surface area (Å²) < 4.78 is 11.7. The van der Waals surface area contributed by atoms with E-state index in [4.69, 9.17) is 9.47 Å². The molecule has 0 saturated carbocycles. The average Bonchev–Trinajstić information content (AvgIpc) is 2.88. The van der Waals surface area contributed by atoms with E-state index in [9.17, 15) is 0 Å². The standard InChI is InChI=1S/C17H18BrNO2/c1-20-14-5-3-11-4-6-17(16(11)10-14)19-13-7-12(18)8-15(9-13)21-2/h3,5,7-10,17,19H,4,6H2,1-2H3. The Morgan fingerprint density at radius 1 is 1.05 bits per heavy atom. The van der Waals surface area contributed by atoms with E-state index in [-0.39, 0.29) is 0 Å². The molecule has 0 saturated heterocycles. The molecule has 1 unspecified atom stereocenters. The zero-order chi connectivity index (χ0) is 14.8. The largest absolute Gasteiger partial charge is 0.497 e. The van der Waals surface area contributed by atoms with Crippen LogP contribution in [0.3, 0.4) is 0 Å². The summed E-state index contributed by atoms with van der Waals surface area (Å²) in [6.07, 6.45) is 2.19. The van der Waals surface area contributed by atoms with Gasteiger partial charge >= 0.3 is 0 Å². The van der Waals surface area contributed by atoms with Crippen LogP contribution in [0.25, 0.3) is 0 Å². The van der Waals surface area contributed by atoms with Crippen LogP contribution in [0.5, 0.6) is 11.5 Å². The second kappa shape index (κ2) is 5.98. The number of anilines is 1. The van der Waals surface area contributed by atoms with Gasteiger partial charge < -0.3 is 14.8 Å². The van der Waals surface area contributed by atoms with Gasteiger partial charge in [0.25, 0.3) is 0 Å². The van der Waals surface area contributed by atoms with Gasteiger partial charge in [0, 0.05) is 16.2 Å². The molecule has 0 heterocycles. The van der Waals surface area contributed by atoms with Crippen LogP contribution in [0.2, 0.25) is 0 Å². The third-order valence-corrected chi connectivity index (χ3v) is 4.34. The van der Waals surface area contributed by atoms with Gasteiger partial charge in [-0.05, 0) is 48.2 Å². The maximum atomic E-state index is 5.34. The summed E-state index contributed by atoms with van der Waals surface area (Å²) in [5.41, 5.74) is 3.78. The van der Waals surface area contributed by atoms with Crippen LogP contribution in [0.4, 0.5) is 5.69 Å². The normalized spacial score (nSPS) is 16.4. The highest BCUT2D eigenvalue weighted by Gasteiger charge is 2.23. The molecule has 0 bridgehead atoms. The lowest BCUT2D eigenvalue weighted by atomic mass is 10.1. The zero-order valence-corrected chi connectivity index (χ0v) is 13.7. The Kier molecular flexibility index (Phi) is 4.06. The van der Waals surface area contributed by atoms with Gasteiger partial charge in [-0.3, -0.25) is 0 Å². The van der Waals surface area contributed by atoms with Crippen LogP contribution in [0.1, 0.15) is 23.6 Å². The SMILES string of the molecule is COc1cc(Br)cc(NC2CCc3ccc(OC)cc32)c1. The molecule has 2 aromatic carbocycles. The molecule has 0 aliphatic heterocycles. The summed E-state index contributed by atoms with van der Waals surface area (Å²) in [5.74, 6) is 1.75. The maximum Gasteiger partial charge on any atom is 0.122 e. The van der Waals surface area contributed by atoms with E-state index in [0.29, 0.717) is 6.04 Å². The molecule has 2 aromatic rings. The van der Waals surface area contributed by atoms with Crippen LogP contribution in [-0.2, 0) is 6.42 Å². The third kappa shape index (κ3) is 3.00. The number of ether oxygens (including phenoxy) is 2. The first kappa shape index (κ1) is 14.3. The lowest BCUT2D eigenvalue weighted by molar-refractivity contribution is 0.414. The van der Waals surface area contributed by atoms with Crippen molar-refractivity contribution in [3.63, 3.8) is 0 Å². The second-order valence-electron chi connectivity index (χ2n) is 5.18. The molecule has 1 N–H and O–H groups in total. The number of hydrogen-bond acceptors (Lipinski definition) is 3. The molecule has 0 radical (unpaired) electrons. The average molecular weight is 348 g/mol. The predicted molar refractivity (Wildman–Crippen MR) is 88.4 cm³/mol. The van der Waals surface area contributed by atoms with E-state index < -0.39 is 0 Å². The van der Waals surface area contributed by atoms with Gasteiger partial charge in [0.15, 0.2) is 0 Å². The Balaban J connectivity index is 1.86. The summed E-state index contributed by atoms with van der Waals surface area (Å²) in [4.78, 5) is 0. The number of benzene rings is 2. The first-order valence-electron chi connectivity index (χ1n) is 6.97. The minimum atomic E-state index is 0.314. The first-order valence-corrected chi connectivity index (χ1v) is 7.77. The minimum absolute atomic E-state index is 0.314. The van der Waals surface area contributed by atoms with E-state index in [1.165, 1.54) is 11.1 Å². The highest BCUT2D eigenvalue weighted by molar-refractivity contribution is 9.10. The molecule has 110 valence electrons. The molecule has 1 atom stereocenters. The topological polar surface area (TPSA) is 30.5 Å². The lowest BCUT2D eigenvalue weighted by Crippen LogP contribution is -2.07. The van der Waals surface area contributed by atoms with Crippen molar-refractivity contribution in [2.75, 3.05) is 19.5 Å². The van der Waals surface area contributed by atoms with Crippen LogP contribution in [-0.4, -0.2) is 14.2 Å². The number of fused-ring (bicyclic) bond motifs is 1. The van der Waals surface area contributed by atoms with Crippen molar-refractivity contribution in [2.24, 2.45) is 0 Å². The lowest BCUT2D eigenvalue weighted by Gasteiger charge is -2.17. The minimum Gasteiger partial charge on any atom is -0.497 e. The molecular formula is C17H18BrNO2. The number of halogens is 1. The predicted octanol–water partition coefficient (Wildman–Crippen LogP) is 4.57. The van der Waals surface area contributed by atoms with E-state index in [0.717, 1.165) is 34.5 Å². The van der Waals surface area contributed by atoms with Gasteiger partial charge in [0.2, 0.25) is 0 Å². The van der Waals surface area contributed by atoms with Crippen molar-refractivity contribution in [1.82, 2.24) is 0 Å². The fourth-order valence-electron chi connectivity index (χ4n) is 2.82. The van der Waals surface area contributed by atoms with Crippen molar-refractivity contribution in [1.29, 1.82) is 0 Å². The molecule has 3 nitrogen and oxygen atoms in total. The number of methoxy groups -OCH3 is 2. The Hall–Kier alpha value is -1.68. The third-order valence-electron chi connectivity index (χ3n) is 3.88. The smallest absolute Gasteiger partial charge is 0.122 e. The van der Waals surface area contributed by atoms with Crippen LogP contribution < -0.4 is 14.8 Å². The van der Waals surface area contributed by atoms with Crippen molar-refractivity contribution >= 4 is 21.6 Å². The fraction of sp³-hybridized carbons (Fsp3) is 0.294. The van der Waals surface area contributed by atoms with E-state index >= 15 is 0 Å². The highest BCUT2D eigenvalue weighted by Crippen LogP contribution is 2.37. The molecule has 1 aliphatic carbocycles. The summed E-state index contributed by atoms with van der Waals surface area (Å²) >= 11 is 3.52. The van der Waals surface area contributed by atoms with Gasteiger partial charge in [-0.25, -0.2) is 0 Å². The molecule has 0 amide bonds. The van der Waals surface area contributed by atoms with Gasteiger partial charge in [-0.15, -0.1) is 0 Å². The Morgan fingerprint density at radius 2 is 1.86 bits per heavy atom. The van der Waals surface area contributed by atoms with Gasteiger partial charge in [0.05, 0.1) is 20.3 Å². The Bertz CT molecular complexity index is 657. The number of hydrogen-bond donors (Lipinski definition) is 1. The molecule has 3 rings (SSSR count). The fourth-order valence-corrected chi connectivity index (χ4v) is 3.29. The van der Waals surface area contributed by atoms with E-state index in [1.54, 1.807) is 14.2 Å². The van der Waals surface area contributed by atoms with Crippen LogP contribution >= 0.6 is 15.9 Å². The maximum absolute atomic E-state index is 5.34. The first-order chi connectivity index (χ1) is 10.2. The van der Waals surface area contributed by atoms with Crippen molar-refractivity contribution in [3.05, 3.63) is 52.0 Å². The van der Waals surface area contributed by atoms with Gasteiger partial charge in [0.1, 0.15) is 11.5 Å². The van der Waals surface area contributed by atoms with Crippen LogP contribution in [0.15, 0.2) is 40.9 Å². The summed E-state index contributed by atoms with van der Waals surface area (Å²) in [7, 11) is 3.39. The second-order valence-corrected chi connectivity index (χ2v) is 6.10. The molecule has 0 fully saturated rings. The summed E-state index contributed by atoms with van der Waals surface area (Å²) in [5, 5.41) is 3.60. The number of rotatable bonds is 4. The van der Waals surface area contributed by atoms with Crippen molar-refractivity contribution in [3.8, 4) is 11.5 Å². The summed E-state index contributed by atoms with van der Waals surface area (Å²) in [6, 6.07) is 12.7. The van der Waals surface area contributed by atoms with Crippen LogP contribution in [0, 0.1) is 0 Å². The van der Waals surface area contributed by atoms with E-state index in [2.05, 4.69) is 39.4 Å². The molecule has 0 aromatic heterocycles. The Labute approximate surface area is 133 Å². The van der Waals surface area contributed by atoms with Crippen molar-refractivity contribution < 1.29 is 9.47 Å².